The maximum Gasteiger partial charge on any atom is 0.243 e. The number of imidazole rings is 3. The first kappa shape index (κ1) is 62.4. The molecule has 11 atom stereocenters. The second-order valence-electron chi connectivity index (χ2n) is 21.9. The molecule has 0 unspecified atom stereocenters. The predicted octanol–water partition coefficient (Wildman–Crippen LogP) is 0.610. The van der Waals surface area contributed by atoms with E-state index in [4.69, 9.17) is 11.5 Å². The number of nitrogens with one attached hydrogen (secondary N) is 9. The molecule has 3 aromatic heterocycles. The molecule has 5 rings (SSSR count). The Balaban J connectivity index is 1.31. The molecule has 1 aliphatic rings. The van der Waals surface area contributed by atoms with Gasteiger partial charge in [0.1, 0.15) is 36.3 Å². The number of likely N-dealkylation sites (tertiary alicyclic amines) is 1. The summed E-state index contributed by atoms with van der Waals surface area (Å²) in [5, 5.41) is 29.1. The standard InChI is InChI=1S/C55H83N15O9/c1-9-33(8)47(54(78)65-41(48(57)72)21-36-25-59-28-62-36)69-53(77)46(32(6)7)68-49(73)38(31(4)5)23-45(71)40(18-30(2)3)64-51(75)43(22-37-26-60-29-63-37)66-50(74)42(19-34-14-11-10-12-15-34)67-52(76)44-16-13-17-70(44)55(79)39(56)20-35-24-58-27-61-35/h10-12,14-15,24-33,38-47,71H,9,13,16-23,56H2,1-8H3,(H2,57,72)(H,58,61)(H,59,62)(H,60,63)(H,64,75)(H,65,78)(H,66,74)(H,67,76)(H,68,73)(H,69,77)/t33-,38+,39-,40-,41-,42-,43-,44-,45-,46-,47-/m0/s1. The number of benzene rings is 1. The number of carbonyl (C=O) groups excluding carboxylic acids is 8. The van der Waals surface area contributed by atoms with Crippen molar-refractivity contribution in [1.29, 1.82) is 0 Å². The van der Waals surface area contributed by atoms with Gasteiger partial charge in [0.25, 0.3) is 0 Å². The first-order valence-electron chi connectivity index (χ1n) is 27.4. The van der Waals surface area contributed by atoms with E-state index in [0.29, 0.717) is 42.9 Å². The highest BCUT2D eigenvalue weighted by Gasteiger charge is 2.40. The fourth-order valence-corrected chi connectivity index (χ4v) is 9.71. The largest absolute Gasteiger partial charge is 0.391 e. The molecule has 24 heteroatoms. The molecule has 0 aliphatic carbocycles. The maximum atomic E-state index is 14.6. The molecule has 0 bridgehead atoms. The van der Waals surface area contributed by atoms with Crippen LogP contribution in [-0.4, -0.2) is 148 Å². The normalized spacial score (nSPS) is 17.3. The molecular formula is C55H83N15O9. The molecule has 432 valence electrons. The highest BCUT2D eigenvalue weighted by Crippen LogP contribution is 2.24. The molecule has 79 heavy (non-hydrogen) atoms. The number of hydrogen-bond donors (Lipinski definition) is 12. The number of primary amides is 1. The van der Waals surface area contributed by atoms with Gasteiger partial charge in [0, 0.05) is 73.8 Å². The molecule has 14 N–H and O–H groups in total. The van der Waals surface area contributed by atoms with Crippen molar-refractivity contribution in [2.45, 2.75) is 168 Å². The summed E-state index contributed by atoms with van der Waals surface area (Å²) in [6.45, 7) is 14.9. The lowest BCUT2D eigenvalue weighted by atomic mass is 9.85. The topological polar surface area (TPSA) is 370 Å². The van der Waals surface area contributed by atoms with E-state index >= 15 is 0 Å². The molecule has 1 aliphatic heterocycles. The third kappa shape index (κ3) is 18.6. The lowest BCUT2D eigenvalue weighted by molar-refractivity contribution is -0.140. The Morgan fingerprint density at radius 3 is 1.71 bits per heavy atom. The number of H-pyrrole nitrogens is 3. The van der Waals surface area contributed by atoms with Crippen molar-refractivity contribution >= 4 is 47.3 Å². The quantitative estimate of drug-likeness (QED) is 0.0329. The van der Waals surface area contributed by atoms with Crippen molar-refractivity contribution in [3.8, 4) is 0 Å². The molecule has 1 aromatic carbocycles. The van der Waals surface area contributed by atoms with Crippen LogP contribution in [0.25, 0.3) is 0 Å². The number of aliphatic hydroxyl groups is 1. The molecule has 4 aromatic rings. The number of aliphatic hydroxyl groups excluding tert-OH is 1. The number of carbonyl (C=O) groups is 8. The first-order chi connectivity index (χ1) is 37.6. The molecule has 24 nitrogen and oxygen atoms in total. The summed E-state index contributed by atoms with van der Waals surface area (Å²) in [5.41, 5.74) is 14.4. The molecule has 8 amide bonds. The van der Waals surface area contributed by atoms with Gasteiger partial charge in [0.15, 0.2) is 0 Å². The average molecular weight is 1100 g/mol. The monoisotopic (exact) mass is 1100 g/mol. The first-order valence-corrected chi connectivity index (χ1v) is 27.4. The van der Waals surface area contributed by atoms with Gasteiger partial charge in [0.2, 0.25) is 47.3 Å². The number of aromatic amines is 3. The maximum absolute atomic E-state index is 14.6. The lowest BCUT2D eigenvalue weighted by Gasteiger charge is -2.33. The van der Waals surface area contributed by atoms with E-state index in [1.165, 1.54) is 36.3 Å². The lowest BCUT2D eigenvalue weighted by Crippen LogP contribution is -2.60. The summed E-state index contributed by atoms with van der Waals surface area (Å²) in [5.74, 6) is -7.01. The molecule has 1 fully saturated rings. The van der Waals surface area contributed by atoms with E-state index in [1.54, 1.807) is 65.1 Å². The van der Waals surface area contributed by atoms with E-state index in [9.17, 15) is 43.5 Å². The molecular weight excluding hydrogens is 1010 g/mol. The molecule has 0 saturated carbocycles. The Kier molecular flexibility index (Phi) is 23.7. The number of rotatable bonds is 31. The van der Waals surface area contributed by atoms with Gasteiger partial charge in [0.05, 0.1) is 37.2 Å². The number of amides is 8. The van der Waals surface area contributed by atoms with Crippen molar-refractivity contribution in [2.75, 3.05) is 6.54 Å². The minimum absolute atomic E-state index is 0.0436. The van der Waals surface area contributed by atoms with E-state index in [0.717, 1.165) is 5.56 Å². The van der Waals surface area contributed by atoms with E-state index in [1.807, 2.05) is 26.8 Å². The zero-order valence-electron chi connectivity index (χ0n) is 46.7. The van der Waals surface area contributed by atoms with Crippen molar-refractivity contribution in [3.63, 3.8) is 0 Å². The van der Waals surface area contributed by atoms with Gasteiger partial charge in [-0.3, -0.25) is 38.4 Å². The van der Waals surface area contributed by atoms with Gasteiger partial charge >= 0.3 is 0 Å². The van der Waals surface area contributed by atoms with Crippen LogP contribution in [0, 0.1) is 29.6 Å². The third-order valence-corrected chi connectivity index (χ3v) is 14.5. The van der Waals surface area contributed by atoms with Crippen LogP contribution >= 0.6 is 0 Å². The Morgan fingerprint density at radius 1 is 0.646 bits per heavy atom. The van der Waals surface area contributed by atoms with Crippen LogP contribution in [-0.2, 0) is 64.0 Å². The summed E-state index contributed by atoms with van der Waals surface area (Å²) in [6.07, 6.45) is 9.39. The van der Waals surface area contributed by atoms with E-state index in [-0.39, 0.29) is 56.3 Å². The van der Waals surface area contributed by atoms with Gasteiger partial charge < -0.3 is 68.3 Å². The van der Waals surface area contributed by atoms with Crippen LogP contribution < -0.4 is 43.4 Å². The van der Waals surface area contributed by atoms with Crippen LogP contribution in [0.4, 0.5) is 0 Å². The number of aromatic nitrogens is 6. The molecule has 0 radical (unpaired) electrons. The van der Waals surface area contributed by atoms with Crippen LogP contribution in [0.3, 0.4) is 0 Å². The molecule has 1 saturated heterocycles. The summed E-state index contributed by atoms with van der Waals surface area (Å²) >= 11 is 0. The summed E-state index contributed by atoms with van der Waals surface area (Å²) in [6, 6.07) is 0.488. The van der Waals surface area contributed by atoms with Crippen molar-refractivity contribution in [1.82, 2.24) is 66.7 Å². The van der Waals surface area contributed by atoms with Crippen molar-refractivity contribution < 1.29 is 43.5 Å². The van der Waals surface area contributed by atoms with Gasteiger partial charge in [-0.1, -0.05) is 92.1 Å². The van der Waals surface area contributed by atoms with Gasteiger partial charge in [-0.15, -0.1) is 0 Å². The minimum atomic E-state index is -1.30. The molecule has 4 heterocycles. The second kappa shape index (κ2) is 30.0. The van der Waals surface area contributed by atoms with Crippen LogP contribution in [0.15, 0.2) is 67.9 Å². The Bertz CT molecular complexity index is 2580. The smallest absolute Gasteiger partial charge is 0.243 e. The summed E-state index contributed by atoms with van der Waals surface area (Å²) in [7, 11) is 0. The predicted molar refractivity (Wildman–Crippen MR) is 293 cm³/mol. The minimum Gasteiger partial charge on any atom is -0.391 e. The van der Waals surface area contributed by atoms with Gasteiger partial charge in [-0.25, -0.2) is 15.0 Å². The zero-order chi connectivity index (χ0) is 57.9. The second-order valence-corrected chi connectivity index (χ2v) is 21.9. The Morgan fingerprint density at radius 2 is 1.18 bits per heavy atom. The third-order valence-electron chi connectivity index (χ3n) is 14.5. The number of hydrogen-bond acceptors (Lipinski definition) is 13. The number of nitrogens with zero attached hydrogens (tertiary/aromatic N) is 4. The summed E-state index contributed by atoms with van der Waals surface area (Å²) < 4.78 is 0. The van der Waals surface area contributed by atoms with E-state index < -0.39 is 114 Å². The zero-order valence-corrected chi connectivity index (χ0v) is 46.7. The van der Waals surface area contributed by atoms with Crippen molar-refractivity contribution in [2.24, 2.45) is 41.1 Å². The number of nitrogens with two attached hydrogens (primary N) is 2. The highest BCUT2D eigenvalue weighted by atomic mass is 16.3. The Labute approximate surface area is 461 Å². The molecule has 0 spiro atoms. The SMILES string of the molecule is CC[C@H](C)[C@H](NC(=O)[C@@H](NC(=O)[C@H](C[C@H](O)[C@H](CC(C)C)NC(=O)[C@H](Cc1cnc[nH]1)NC(=O)[C@H](Cc1ccccc1)NC(=O)[C@@H]1CCCN1C(=O)[C@@H](N)Cc1cnc[nH]1)C(C)C)C(C)C)C(=O)N[C@@H](Cc1cnc[nH]1)C(N)=O. The van der Waals surface area contributed by atoms with Crippen LogP contribution in [0.5, 0.6) is 0 Å². The summed E-state index contributed by atoms with van der Waals surface area (Å²) in [4.78, 5) is 134. The van der Waals surface area contributed by atoms with E-state index in [2.05, 4.69) is 61.8 Å². The Hall–Kier alpha value is -7.47. The average Bonchev–Trinajstić information content (AvgIpc) is 4.28. The fourth-order valence-electron chi connectivity index (χ4n) is 9.71. The van der Waals surface area contributed by atoms with Crippen LogP contribution in [0.2, 0.25) is 0 Å². The van der Waals surface area contributed by atoms with Gasteiger partial charge in [-0.2, -0.15) is 0 Å². The van der Waals surface area contributed by atoms with Crippen molar-refractivity contribution in [3.05, 3.63) is 90.5 Å². The fraction of sp³-hybridized carbons (Fsp3) is 0.582. The highest BCUT2D eigenvalue weighted by molar-refractivity contribution is 5.96. The van der Waals surface area contributed by atoms with Gasteiger partial charge in [-0.05, 0) is 54.9 Å². The van der Waals surface area contributed by atoms with Crippen LogP contribution in [0.1, 0.15) is 110 Å².